The molecule has 1 aromatic carbocycles. The van der Waals surface area contributed by atoms with Crippen molar-refractivity contribution in [3.05, 3.63) is 29.3 Å². The molecule has 1 unspecified atom stereocenters. The molecule has 0 saturated heterocycles. The monoisotopic (exact) mass is 294 g/mol. The molecular weight excluding hydrogens is 277 g/mol. The summed E-state index contributed by atoms with van der Waals surface area (Å²) in [7, 11) is -3.63. The van der Waals surface area contributed by atoms with E-state index in [0.29, 0.717) is 6.42 Å². The first-order chi connectivity index (χ1) is 8.63. The number of hydrogen-bond acceptors (Lipinski definition) is 2. The van der Waals surface area contributed by atoms with E-state index in [9.17, 15) is 21.6 Å². The first kappa shape index (κ1) is 16.0. The molecule has 1 rings (SSSR count). The Morgan fingerprint density at radius 1 is 1.21 bits per heavy atom. The number of rotatable bonds is 4. The molecule has 0 amide bonds. The van der Waals surface area contributed by atoms with E-state index in [1.807, 2.05) is 0 Å². The topological polar surface area (TPSA) is 34.1 Å². The van der Waals surface area contributed by atoms with Crippen LogP contribution in [-0.4, -0.2) is 14.2 Å². The maximum Gasteiger partial charge on any atom is 0.416 e. The van der Waals surface area contributed by atoms with Gasteiger partial charge in [-0.1, -0.05) is 26.8 Å². The maximum atomic E-state index is 13.0. The molecule has 2 nitrogen and oxygen atoms in total. The average molecular weight is 294 g/mol. The molecule has 0 aliphatic rings. The molecule has 0 fully saturated rings. The van der Waals surface area contributed by atoms with Crippen LogP contribution in [0.4, 0.5) is 13.2 Å². The zero-order chi connectivity index (χ0) is 14.8. The van der Waals surface area contributed by atoms with Crippen molar-refractivity contribution in [1.29, 1.82) is 0 Å². The molecule has 1 aromatic rings. The summed E-state index contributed by atoms with van der Waals surface area (Å²) in [6.07, 6.45) is -3.99. The van der Waals surface area contributed by atoms with Crippen molar-refractivity contribution in [2.24, 2.45) is 0 Å². The second-order valence-electron chi connectivity index (χ2n) is 4.46. The van der Waals surface area contributed by atoms with Crippen LogP contribution >= 0.6 is 0 Å². The molecule has 0 aromatic heterocycles. The second kappa shape index (κ2) is 5.53. The minimum Gasteiger partial charge on any atom is -0.224 e. The molecule has 108 valence electrons. The first-order valence-corrected chi connectivity index (χ1v) is 7.72. The minimum atomic E-state index is -4.54. The maximum absolute atomic E-state index is 13.0. The van der Waals surface area contributed by atoms with Crippen molar-refractivity contribution in [3.63, 3.8) is 0 Å². The predicted molar refractivity (Wildman–Crippen MR) is 67.9 cm³/mol. The molecule has 0 aliphatic heterocycles. The van der Waals surface area contributed by atoms with E-state index in [4.69, 9.17) is 0 Å². The number of sulfone groups is 1. The van der Waals surface area contributed by atoms with Crippen LogP contribution in [0.2, 0.25) is 0 Å². The van der Waals surface area contributed by atoms with E-state index >= 15 is 0 Å². The largest absolute Gasteiger partial charge is 0.416 e. The van der Waals surface area contributed by atoms with E-state index in [-0.39, 0.29) is 22.1 Å². The summed E-state index contributed by atoms with van der Waals surface area (Å²) in [5.41, 5.74) is -0.707. The van der Waals surface area contributed by atoms with E-state index in [1.165, 1.54) is 19.1 Å². The Morgan fingerprint density at radius 2 is 1.79 bits per heavy atom. The normalized spacial score (nSPS) is 14.4. The molecule has 6 heteroatoms. The van der Waals surface area contributed by atoms with Gasteiger partial charge >= 0.3 is 6.18 Å². The molecular formula is C13H17F3O2S. The summed E-state index contributed by atoms with van der Waals surface area (Å²) in [6.45, 7) is 4.89. The lowest BCUT2D eigenvalue weighted by Crippen LogP contribution is -2.13. The van der Waals surface area contributed by atoms with Gasteiger partial charge in [0.1, 0.15) is 0 Å². The molecule has 0 spiro atoms. The number of alkyl halides is 3. The Labute approximate surface area is 111 Å². The summed E-state index contributed by atoms with van der Waals surface area (Å²) in [4.78, 5) is -0.269. The molecule has 0 heterocycles. The van der Waals surface area contributed by atoms with E-state index in [2.05, 4.69) is 0 Å². The number of hydrogen-bond donors (Lipinski definition) is 0. The third-order valence-corrected chi connectivity index (χ3v) is 4.94. The lowest BCUT2D eigenvalue weighted by molar-refractivity contribution is -0.138. The van der Waals surface area contributed by atoms with Gasteiger partial charge in [-0.25, -0.2) is 8.42 Å². The zero-order valence-electron chi connectivity index (χ0n) is 11.1. The van der Waals surface area contributed by atoms with Gasteiger partial charge in [0.15, 0.2) is 9.84 Å². The SMILES string of the molecule is CCC(C)c1ccc(S(=O)(=O)CC)cc1C(F)(F)F. The average Bonchev–Trinajstić information content (AvgIpc) is 2.36. The van der Waals surface area contributed by atoms with Crippen LogP contribution < -0.4 is 0 Å². The van der Waals surface area contributed by atoms with Gasteiger partial charge in [0, 0.05) is 0 Å². The van der Waals surface area contributed by atoms with E-state index < -0.39 is 21.6 Å². The van der Waals surface area contributed by atoms with Crippen molar-refractivity contribution in [1.82, 2.24) is 0 Å². The summed E-state index contributed by atoms with van der Waals surface area (Å²) < 4.78 is 62.4. The van der Waals surface area contributed by atoms with Gasteiger partial charge in [-0.3, -0.25) is 0 Å². The van der Waals surface area contributed by atoms with Gasteiger partial charge in [-0.05, 0) is 30.0 Å². The van der Waals surface area contributed by atoms with Crippen molar-refractivity contribution < 1.29 is 21.6 Å². The van der Waals surface area contributed by atoms with E-state index in [0.717, 1.165) is 6.07 Å². The number of halogens is 3. The van der Waals surface area contributed by atoms with Gasteiger partial charge in [0.2, 0.25) is 0 Å². The molecule has 0 aliphatic carbocycles. The van der Waals surface area contributed by atoms with Crippen molar-refractivity contribution >= 4 is 9.84 Å². The lowest BCUT2D eigenvalue weighted by Gasteiger charge is -2.18. The van der Waals surface area contributed by atoms with Gasteiger partial charge < -0.3 is 0 Å². The minimum absolute atomic E-state index is 0.144. The molecule has 0 saturated carbocycles. The Bertz CT molecular complexity index is 547. The Hall–Kier alpha value is -1.04. The van der Waals surface area contributed by atoms with Crippen LogP contribution in [-0.2, 0) is 16.0 Å². The highest BCUT2D eigenvalue weighted by molar-refractivity contribution is 7.91. The van der Waals surface area contributed by atoms with Gasteiger partial charge in [0.05, 0.1) is 16.2 Å². The fourth-order valence-corrected chi connectivity index (χ4v) is 2.70. The highest BCUT2D eigenvalue weighted by Gasteiger charge is 2.35. The third-order valence-electron chi connectivity index (χ3n) is 3.21. The van der Waals surface area contributed by atoms with Crippen LogP contribution in [0.15, 0.2) is 23.1 Å². The smallest absolute Gasteiger partial charge is 0.224 e. The van der Waals surface area contributed by atoms with Crippen LogP contribution in [0.3, 0.4) is 0 Å². The van der Waals surface area contributed by atoms with Gasteiger partial charge in [-0.2, -0.15) is 13.2 Å². The number of benzene rings is 1. The Balaban J connectivity index is 3.49. The quantitative estimate of drug-likeness (QED) is 0.840. The van der Waals surface area contributed by atoms with Crippen LogP contribution in [0, 0.1) is 0 Å². The predicted octanol–water partition coefficient (Wildman–Crippen LogP) is 4.01. The van der Waals surface area contributed by atoms with Crippen LogP contribution in [0.25, 0.3) is 0 Å². The van der Waals surface area contributed by atoms with Crippen LogP contribution in [0.5, 0.6) is 0 Å². The highest BCUT2D eigenvalue weighted by Crippen LogP contribution is 2.37. The molecule has 0 N–H and O–H groups in total. The van der Waals surface area contributed by atoms with Crippen molar-refractivity contribution in [2.75, 3.05) is 5.75 Å². The Morgan fingerprint density at radius 3 is 2.21 bits per heavy atom. The van der Waals surface area contributed by atoms with Crippen molar-refractivity contribution in [3.8, 4) is 0 Å². The first-order valence-electron chi connectivity index (χ1n) is 6.07. The summed E-state index contributed by atoms with van der Waals surface area (Å²) >= 11 is 0. The molecule has 0 radical (unpaired) electrons. The highest BCUT2D eigenvalue weighted by atomic mass is 32.2. The fraction of sp³-hybridized carbons (Fsp3) is 0.538. The standard InChI is InChI=1S/C13H17F3O2S/c1-4-9(3)11-7-6-10(19(17,18)5-2)8-12(11)13(14,15)16/h6-9H,4-5H2,1-3H3. The second-order valence-corrected chi connectivity index (χ2v) is 6.74. The van der Waals surface area contributed by atoms with Gasteiger partial charge in [0.25, 0.3) is 0 Å². The summed E-state index contributed by atoms with van der Waals surface area (Å²) in [5, 5.41) is 0. The lowest BCUT2D eigenvalue weighted by atomic mass is 9.93. The van der Waals surface area contributed by atoms with Crippen molar-refractivity contribution in [2.45, 2.75) is 44.2 Å². The van der Waals surface area contributed by atoms with Gasteiger partial charge in [-0.15, -0.1) is 0 Å². The van der Waals surface area contributed by atoms with Crippen LogP contribution in [0.1, 0.15) is 44.2 Å². The molecule has 0 bridgehead atoms. The molecule has 1 atom stereocenters. The summed E-state index contributed by atoms with van der Waals surface area (Å²) in [6, 6.07) is 3.29. The van der Waals surface area contributed by atoms with E-state index in [1.54, 1.807) is 13.8 Å². The molecule has 19 heavy (non-hydrogen) atoms. The summed E-state index contributed by atoms with van der Waals surface area (Å²) in [5.74, 6) is -0.484. The fourth-order valence-electron chi connectivity index (χ4n) is 1.79. The third kappa shape index (κ3) is 3.49. The zero-order valence-corrected chi connectivity index (χ0v) is 11.9. The Kier molecular flexibility index (Phi) is 4.66.